The van der Waals surface area contributed by atoms with E-state index in [9.17, 15) is 26.4 Å². The van der Waals surface area contributed by atoms with E-state index in [1.807, 2.05) is 0 Å². The third-order valence-electron chi connectivity index (χ3n) is 1.03. The number of rotatable bonds is 4. The molecule has 0 saturated carbocycles. The summed E-state index contributed by atoms with van der Waals surface area (Å²) in [5.41, 5.74) is 0. The summed E-state index contributed by atoms with van der Waals surface area (Å²) in [4.78, 5) is 10.7. The first-order chi connectivity index (χ1) is 6.58. The van der Waals surface area contributed by atoms with Crippen LogP contribution in [-0.2, 0) is 24.0 Å². The normalized spacial score (nSPS) is 13.8. The van der Waals surface area contributed by atoms with E-state index >= 15 is 0 Å². The Balaban J connectivity index is -0.000000980. The van der Waals surface area contributed by atoms with Gasteiger partial charge in [0.15, 0.2) is 0 Å². The van der Waals surface area contributed by atoms with Gasteiger partial charge in [0.05, 0.1) is 6.61 Å². The number of carbonyl (C=O) groups excluding carboxylic acids is 1. The molecule has 0 spiro atoms. The van der Waals surface area contributed by atoms with Gasteiger partial charge in [-0.3, -0.25) is 0 Å². The Kier molecular flexibility index (Phi) is 7.31. The van der Waals surface area contributed by atoms with Crippen molar-refractivity contribution in [2.75, 3.05) is 6.61 Å². The Hall–Kier alpha value is -0.273. The van der Waals surface area contributed by atoms with Crippen LogP contribution in [0.15, 0.2) is 0 Å². The zero-order chi connectivity index (χ0) is 12.3. The molecule has 0 aromatic carbocycles. The number of nitrogens with two attached hydrogens (primary N) is 1. The van der Waals surface area contributed by atoms with Crippen LogP contribution in [0.25, 0.3) is 0 Å². The van der Waals surface area contributed by atoms with E-state index in [0.29, 0.717) is 0 Å². The van der Waals surface area contributed by atoms with Crippen molar-refractivity contribution in [3.05, 3.63) is 0 Å². The fourth-order valence-electron chi connectivity index (χ4n) is 0.580. The molecule has 0 aliphatic heterocycles. The first-order valence-electron chi connectivity index (χ1n) is 3.52. The van der Waals surface area contributed by atoms with E-state index in [0.717, 1.165) is 0 Å². The molecule has 0 rings (SSSR count). The number of hydrogen-bond acceptors (Lipinski definition) is 5. The standard InChI is InChI=1S/C5H8F3NO5S.Li.H/c1-2-13-4(10)3(5(6,7)8)14-15(9,11)12;;/h3H,2H2,1H3,(H2,9,11,12);;/q;+1;-1. The van der Waals surface area contributed by atoms with Crippen LogP contribution in [0.1, 0.15) is 8.35 Å². The van der Waals surface area contributed by atoms with Crippen LogP contribution in [0.3, 0.4) is 0 Å². The summed E-state index contributed by atoms with van der Waals surface area (Å²) >= 11 is 0. The first-order valence-corrected chi connectivity index (χ1v) is 4.99. The molecule has 2 N–H and O–H groups in total. The molecule has 0 bridgehead atoms. The Morgan fingerprint density at radius 1 is 1.50 bits per heavy atom. The van der Waals surface area contributed by atoms with E-state index in [1.165, 1.54) is 6.92 Å². The number of carbonyl (C=O) groups is 1. The topological polar surface area (TPSA) is 95.7 Å². The van der Waals surface area contributed by atoms with Crippen molar-refractivity contribution in [1.82, 2.24) is 0 Å². The molecule has 0 radical (unpaired) electrons. The Morgan fingerprint density at radius 3 is 2.19 bits per heavy atom. The predicted molar refractivity (Wildman–Crippen MR) is 41.8 cm³/mol. The quantitative estimate of drug-likeness (QED) is 0.424. The third kappa shape index (κ3) is 7.08. The number of ether oxygens (including phenoxy) is 1. The van der Waals surface area contributed by atoms with Crippen LogP contribution in [-0.4, -0.2) is 33.3 Å². The first kappa shape index (κ1) is 18.1. The van der Waals surface area contributed by atoms with Crippen molar-refractivity contribution < 1.29 is 55.6 Å². The summed E-state index contributed by atoms with van der Waals surface area (Å²) in [5, 5.41) is 4.21. The summed E-state index contributed by atoms with van der Waals surface area (Å²) in [6.45, 7) is 0.904. The molecule has 92 valence electrons. The van der Waals surface area contributed by atoms with Crippen molar-refractivity contribution in [3.8, 4) is 0 Å². The molecule has 16 heavy (non-hydrogen) atoms. The molecule has 0 aromatic rings. The fraction of sp³-hybridized carbons (Fsp3) is 0.800. The molecule has 0 fully saturated rings. The van der Waals surface area contributed by atoms with Gasteiger partial charge in [0.2, 0.25) is 0 Å². The molecule has 0 aromatic heterocycles. The van der Waals surface area contributed by atoms with Crippen LogP contribution in [0.5, 0.6) is 0 Å². The third-order valence-corrected chi connectivity index (χ3v) is 1.49. The molecule has 6 nitrogen and oxygen atoms in total. The van der Waals surface area contributed by atoms with Crippen LogP contribution < -0.4 is 24.0 Å². The van der Waals surface area contributed by atoms with Gasteiger partial charge in [0.1, 0.15) is 0 Å². The SMILES string of the molecule is CCOC(=O)C(OS(N)(=O)=O)C(F)(F)F.[H-].[Li+]. The van der Waals surface area contributed by atoms with Gasteiger partial charge in [-0.2, -0.15) is 21.6 Å². The second-order valence-electron chi connectivity index (χ2n) is 2.26. The molecular formula is C5H9F3LiNO5S. The Morgan fingerprint density at radius 2 is 1.94 bits per heavy atom. The maximum absolute atomic E-state index is 12.1. The van der Waals surface area contributed by atoms with E-state index < -0.39 is 28.6 Å². The molecule has 0 aliphatic carbocycles. The van der Waals surface area contributed by atoms with Gasteiger partial charge in [0, 0.05) is 0 Å². The van der Waals surface area contributed by atoms with Gasteiger partial charge in [0.25, 0.3) is 6.10 Å². The molecular weight excluding hydrogens is 250 g/mol. The van der Waals surface area contributed by atoms with Gasteiger partial charge >= 0.3 is 41.3 Å². The minimum absolute atomic E-state index is 0. The molecule has 0 saturated heterocycles. The minimum atomic E-state index is -5.21. The van der Waals surface area contributed by atoms with E-state index in [2.05, 4.69) is 14.1 Å². The van der Waals surface area contributed by atoms with E-state index in [-0.39, 0.29) is 26.9 Å². The van der Waals surface area contributed by atoms with E-state index in [4.69, 9.17) is 0 Å². The Bertz CT molecular complexity index is 335. The van der Waals surface area contributed by atoms with Gasteiger partial charge < -0.3 is 6.16 Å². The number of esters is 1. The molecule has 1 unspecified atom stereocenters. The van der Waals surface area contributed by atoms with Gasteiger partial charge in [-0.15, -0.1) is 0 Å². The van der Waals surface area contributed by atoms with Gasteiger partial charge in [-0.1, -0.05) is 0 Å². The average Bonchev–Trinajstić information content (AvgIpc) is 1.97. The van der Waals surface area contributed by atoms with Crippen molar-refractivity contribution in [1.29, 1.82) is 0 Å². The molecule has 0 amide bonds. The molecule has 11 heteroatoms. The van der Waals surface area contributed by atoms with Crippen LogP contribution in [0, 0.1) is 0 Å². The number of halogens is 3. The second kappa shape index (κ2) is 6.46. The van der Waals surface area contributed by atoms with Crippen molar-refractivity contribution >= 4 is 16.3 Å². The number of alkyl halides is 3. The summed E-state index contributed by atoms with van der Waals surface area (Å²) < 4.78 is 64.1. The van der Waals surface area contributed by atoms with Crippen LogP contribution in [0.2, 0.25) is 0 Å². The second-order valence-corrected chi connectivity index (χ2v) is 3.44. The smallest absolute Gasteiger partial charge is 1.00 e. The molecule has 0 aliphatic rings. The average molecular weight is 259 g/mol. The summed E-state index contributed by atoms with van der Waals surface area (Å²) in [7, 11) is -4.89. The summed E-state index contributed by atoms with van der Waals surface area (Å²) in [6, 6.07) is 0. The zero-order valence-electron chi connectivity index (χ0n) is 9.45. The molecule has 1 atom stereocenters. The zero-order valence-corrected chi connectivity index (χ0v) is 9.26. The van der Waals surface area contributed by atoms with Crippen LogP contribution in [0.4, 0.5) is 13.2 Å². The maximum atomic E-state index is 12.1. The predicted octanol–water partition coefficient (Wildman–Crippen LogP) is -3.18. The van der Waals surface area contributed by atoms with Crippen LogP contribution >= 0.6 is 0 Å². The summed E-state index contributed by atoms with van der Waals surface area (Å²) in [5.74, 6) is -1.86. The van der Waals surface area contributed by atoms with E-state index in [1.54, 1.807) is 0 Å². The van der Waals surface area contributed by atoms with Crippen molar-refractivity contribution in [2.24, 2.45) is 5.14 Å². The summed E-state index contributed by atoms with van der Waals surface area (Å²) in [6.07, 6.45) is -8.44. The van der Waals surface area contributed by atoms with Crippen molar-refractivity contribution in [2.45, 2.75) is 19.2 Å². The monoisotopic (exact) mass is 259 g/mol. The number of hydrogen-bond donors (Lipinski definition) is 1. The Labute approximate surface area is 103 Å². The maximum Gasteiger partial charge on any atom is 1.00 e. The minimum Gasteiger partial charge on any atom is -1.00 e. The van der Waals surface area contributed by atoms with Gasteiger partial charge in [-0.05, 0) is 6.92 Å². The largest absolute Gasteiger partial charge is 1.00 e. The van der Waals surface area contributed by atoms with Gasteiger partial charge in [-0.25, -0.2) is 14.1 Å². The fourth-order valence-corrected chi connectivity index (χ4v) is 1.04. The molecule has 0 heterocycles. The van der Waals surface area contributed by atoms with Crippen molar-refractivity contribution in [3.63, 3.8) is 0 Å².